The zero-order chi connectivity index (χ0) is 9.76. The molecule has 0 saturated heterocycles. The van der Waals surface area contributed by atoms with E-state index in [2.05, 4.69) is 5.32 Å². The number of carbonyl (C=O) groups excluding carboxylic acids is 1. The highest BCUT2D eigenvalue weighted by atomic mass is 19.1. The van der Waals surface area contributed by atoms with E-state index in [9.17, 15) is 9.18 Å². The number of nitrogens with one attached hydrogen (secondary N) is 1. The van der Waals surface area contributed by atoms with Crippen LogP contribution in [-0.2, 0) is 0 Å². The zero-order valence-corrected chi connectivity index (χ0v) is 7.64. The third-order valence-corrected chi connectivity index (χ3v) is 3.20. The molecule has 14 heavy (non-hydrogen) atoms. The molecule has 1 aromatic rings. The molecule has 2 aliphatic rings. The molecule has 3 heteroatoms. The van der Waals surface area contributed by atoms with Gasteiger partial charge in [-0.3, -0.25) is 4.79 Å². The molecular formula is C11H10FNO. The van der Waals surface area contributed by atoms with Crippen LogP contribution < -0.4 is 5.32 Å². The van der Waals surface area contributed by atoms with Gasteiger partial charge in [0.15, 0.2) is 5.78 Å². The molecule has 0 aromatic heterocycles. The fourth-order valence-corrected chi connectivity index (χ4v) is 2.07. The quantitative estimate of drug-likeness (QED) is 0.681. The summed E-state index contributed by atoms with van der Waals surface area (Å²) in [6.45, 7) is 0.597. The molecule has 0 bridgehead atoms. The second kappa shape index (κ2) is 2.35. The lowest BCUT2D eigenvalue weighted by Crippen LogP contribution is -2.31. The Kier molecular flexibility index (Phi) is 1.34. The average Bonchev–Trinajstić information content (AvgIpc) is 2.94. The van der Waals surface area contributed by atoms with Gasteiger partial charge in [-0.2, -0.15) is 0 Å². The fraction of sp³-hybridized carbons (Fsp3) is 0.364. The van der Waals surface area contributed by atoms with Gasteiger partial charge in [0.1, 0.15) is 5.82 Å². The van der Waals surface area contributed by atoms with E-state index in [4.69, 9.17) is 0 Å². The van der Waals surface area contributed by atoms with Gasteiger partial charge in [-0.1, -0.05) is 6.07 Å². The average molecular weight is 191 g/mol. The topological polar surface area (TPSA) is 29.1 Å². The fourth-order valence-electron chi connectivity index (χ4n) is 2.07. The van der Waals surface area contributed by atoms with Gasteiger partial charge in [-0.05, 0) is 25.0 Å². The van der Waals surface area contributed by atoms with Crippen molar-refractivity contribution in [3.05, 3.63) is 29.6 Å². The molecule has 0 amide bonds. The van der Waals surface area contributed by atoms with Crippen LogP contribution in [0.5, 0.6) is 0 Å². The molecule has 0 radical (unpaired) electrons. The minimum Gasteiger partial charge on any atom is -0.381 e. The molecule has 0 atom stereocenters. The summed E-state index contributed by atoms with van der Waals surface area (Å²) in [5.41, 5.74) is 0.713. The summed E-state index contributed by atoms with van der Waals surface area (Å²) in [5, 5.41) is 3.02. The van der Waals surface area contributed by atoms with Crippen LogP contribution in [0.3, 0.4) is 0 Å². The van der Waals surface area contributed by atoms with Crippen molar-refractivity contribution in [1.82, 2.24) is 0 Å². The molecule has 1 N–H and O–H groups in total. The van der Waals surface area contributed by atoms with Gasteiger partial charge in [-0.25, -0.2) is 4.39 Å². The summed E-state index contributed by atoms with van der Waals surface area (Å²) >= 11 is 0. The maximum absolute atomic E-state index is 13.3. The van der Waals surface area contributed by atoms with Crippen molar-refractivity contribution in [2.45, 2.75) is 12.8 Å². The molecular weight excluding hydrogens is 181 g/mol. The third kappa shape index (κ3) is 0.870. The van der Waals surface area contributed by atoms with Gasteiger partial charge in [0, 0.05) is 12.1 Å². The van der Waals surface area contributed by atoms with Crippen LogP contribution in [0.2, 0.25) is 0 Å². The summed E-state index contributed by atoms with van der Waals surface area (Å²) < 4.78 is 13.3. The maximum atomic E-state index is 13.3. The summed E-state index contributed by atoms with van der Waals surface area (Å²) in [5.74, 6) is -0.211. The van der Waals surface area contributed by atoms with Crippen molar-refractivity contribution in [3.8, 4) is 0 Å². The number of hydrogen-bond donors (Lipinski definition) is 1. The molecule has 1 saturated carbocycles. The van der Waals surface area contributed by atoms with E-state index in [1.807, 2.05) is 0 Å². The Bertz CT molecular complexity index is 423. The van der Waals surface area contributed by atoms with Crippen molar-refractivity contribution in [2.24, 2.45) is 5.41 Å². The Balaban J connectivity index is 2.16. The van der Waals surface area contributed by atoms with Gasteiger partial charge in [0.25, 0.3) is 0 Å². The molecule has 72 valence electrons. The second-order valence-corrected chi connectivity index (χ2v) is 4.13. The number of anilines is 1. The van der Waals surface area contributed by atoms with Crippen molar-refractivity contribution in [2.75, 3.05) is 11.9 Å². The smallest absolute Gasteiger partial charge is 0.172 e. The highest BCUT2D eigenvalue weighted by molar-refractivity contribution is 6.08. The van der Waals surface area contributed by atoms with Gasteiger partial charge >= 0.3 is 0 Å². The predicted octanol–water partition coefficient (Wildman–Crippen LogP) is 2.21. The number of benzene rings is 1. The first kappa shape index (κ1) is 7.97. The first-order valence-corrected chi connectivity index (χ1v) is 4.80. The van der Waals surface area contributed by atoms with Gasteiger partial charge in [0.05, 0.1) is 11.1 Å². The molecule has 1 spiro atoms. The Morgan fingerprint density at radius 1 is 1.36 bits per heavy atom. The standard InChI is InChI=1S/C11H10FNO/c12-8-3-1-2-7-9(8)13-6-11(4-5-11)10(7)14/h1-3,13H,4-6H2. The Labute approximate surface area is 81.1 Å². The number of para-hydroxylation sites is 1. The van der Waals surface area contributed by atoms with Crippen LogP contribution in [0, 0.1) is 11.2 Å². The lowest BCUT2D eigenvalue weighted by molar-refractivity contribution is 0.0903. The largest absolute Gasteiger partial charge is 0.381 e. The molecule has 1 fully saturated rings. The number of rotatable bonds is 0. The molecule has 3 rings (SSSR count). The van der Waals surface area contributed by atoms with E-state index in [-0.39, 0.29) is 17.0 Å². The maximum Gasteiger partial charge on any atom is 0.172 e. The van der Waals surface area contributed by atoms with E-state index in [1.54, 1.807) is 12.1 Å². The Morgan fingerprint density at radius 3 is 2.86 bits per heavy atom. The normalized spacial score (nSPS) is 21.6. The predicted molar refractivity (Wildman–Crippen MR) is 50.9 cm³/mol. The van der Waals surface area contributed by atoms with E-state index in [0.717, 1.165) is 12.8 Å². The third-order valence-electron chi connectivity index (χ3n) is 3.20. The monoisotopic (exact) mass is 191 g/mol. The number of Topliss-reactive ketones (excluding diaryl/α,β-unsaturated/α-hetero) is 1. The summed E-state index contributed by atoms with van der Waals surface area (Å²) in [7, 11) is 0. The molecule has 1 heterocycles. The van der Waals surface area contributed by atoms with Gasteiger partial charge in [0.2, 0.25) is 0 Å². The minimum atomic E-state index is -0.327. The number of halogens is 1. The number of fused-ring (bicyclic) bond motifs is 1. The van der Waals surface area contributed by atoms with Crippen molar-refractivity contribution < 1.29 is 9.18 Å². The second-order valence-electron chi connectivity index (χ2n) is 4.13. The molecule has 2 nitrogen and oxygen atoms in total. The first-order chi connectivity index (χ1) is 6.73. The molecule has 1 aromatic carbocycles. The highest BCUT2D eigenvalue weighted by Crippen LogP contribution is 2.51. The lowest BCUT2D eigenvalue weighted by atomic mass is 9.90. The van der Waals surface area contributed by atoms with Crippen LogP contribution in [-0.4, -0.2) is 12.3 Å². The van der Waals surface area contributed by atoms with Gasteiger partial charge < -0.3 is 5.32 Å². The van der Waals surface area contributed by atoms with Crippen LogP contribution in [0.4, 0.5) is 10.1 Å². The lowest BCUT2D eigenvalue weighted by Gasteiger charge is -2.24. The molecule has 1 aliphatic carbocycles. The van der Waals surface area contributed by atoms with Gasteiger partial charge in [-0.15, -0.1) is 0 Å². The van der Waals surface area contributed by atoms with Crippen molar-refractivity contribution >= 4 is 11.5 Å². The SMILES string of the molecule is O=C1c2cccc(F)c2NCC12CC2. The first-order valence-electron chi connectivity index (χ1n) is 4.80. The van der Waals surface area contributed by atoms with E-state index < -0.39 is 0 Å². The van der Waals surface area contributed by atoms with Crippen molar-refractivity contribution in [1.29, 1.82) is 0 Å². The zero-order valence-electron chi connectivity index (χ0n) is 7.64. The van der Waals surface area contributed by atoms with E-state index in [0.29, 0.717) is 17.8 Å². The van der Waals surface area contributed by atoms with Crippen LogP contribution in [0.1, 0.15) is 23.2 Å². The van der Waals surface area contributed by atoms with Crippen molar-refractivity contribution in [3.63, 3.8) is 0 Å². The number of carbonyl (C=O) groups is 1. The molecule has 0 unspecified atom stereocenters. The molecule has 1 aliphatic heterocycles. The summed E-state index contributed by atoms with van der Waals surface area (Å²) in [6.07, 6.45) is 1.88. The number of hydrogen-bond acceptors (Lipinski definition) is 2. The Morgan fingerprint density at radius 2 is 2.14 bits per heavy atom. The Hall–Kier alpha value is -1.38. The van der Waals surface area contributed by atoms with Crippen LogP contribution in [0.25, 0.3) is 0 Å². The number of ketones is 1. The summed E-state index contributed by atoms with van der Waals surface area (Å²) in [4.78, 5) is 11.9. The van der Waals surface area contributed by atoms with E-state index >= 15 is 0 Å². The highest BCUT2D eigenvalue weighted by Gasteiger charge is 2.52. The minimum absolute atomic E-state index is 0.116. The summed E-state index contributed by atoms with van der Waals surface area (Å²) in [6, 6.07) is 4.67. The van der Waals surface area contributed by atoms with Crippen LogP contribution >= 0.6 is 0 Å². The van der Waals surface area contributed by atoms with Crippen LogP contribution in [0.15, 0.2) is 18.2 Å². The van der Waals surface area contributed by atoms with E-state index in [1.165, 1.54) is 6.07 Å².